The highest BCUT2D eigenvalue weighted by atomic mass is 16.5. The van der Waals surface area contributed by atoms with E-state index in [0.717, 1.165) is 6.07 Å². The van der Waals surface area contributed by atoms with Gasteiger partial charge in [0.15, 0.2) is 0 Å². The largest absolute Gasteiger partial charge is 0.494 e. The molecule has 1 unspecified atom stereocenters. The lowest BCUT2D eigenvalue weighted by Gasteiger charge is -2.13. The molecule has 0 bridgehead atoms. The summed E-state index contributed by atoms with van der Waals surface area (Å²) >= 11 is 0. The summed E-state index contributed by atoms with van der Waals surface area (Å²) in [5.74, 6) is 0.0993. The first-order valence-corrected chi connectivity index (χ1v) is 8.30. The van der Waals surface area contributed by atoms with Crippen molar-refractivity contribution in [2.45, 2.75) is 13.0 Å². The Morgan fingerprint density at radius 2 is 1.96 bits per heavy atom. The number of benzene rings is 2. The van der Waals surface area contributed by atoms with Crippen LogP contribution in [0.1, 0.15) is 28.9 Å². The fourth-order valence-corrected chi connectivity index (χ4v) is 2.66. The smallest absolute Gasteiger partial charge is 0.337 e. The van der Waals surface area contributed by atoms with E-state index in [4.69, 9.17) is 9.15 Å². The third-order valence-corrected chi connectivity index (χ3v) is 3.91. The van der Waals surface area contributed by atoms with Gasteiger partial charge in [0.25, 0.3) is 5.91 Å². The minimum atomic E-state index is -0.837. The molecule has 6 nitrogen and oxygen atoms in total. The zero-order chi connectivity index (χ0) is 18.5. The molecule has 3 rings (SSSR count). The van der Waals surface area contributed by atoms with Gasteiger partial charge in [-0.2, -0.15) is 0 Å². The van der Waals surface area contributed by atoms with Gasteiger partial charge in [-0.1, -0.05) is 30.3 Å². The lowest BCUT2D eigenvalue weighted by atomic mass is 10.1. The van der Waals surface area contributed by atoms with E-state index in [1.54, 1.807) is 30.3 Å². The summed E-state index contributed by atoms with van der Waals surface area (Å²) in [4.78, 5) is 24.3. The van der Waals surface area contributed by atoms with Gasteiger partial charge in [-0.15, -0.1) is 0 Å². The number of nitrogens with one attached hydrogen (secondary N) is 1. The maximum atomic E-state index is 12.5. The molecule has 0 saturated heterocycles. The quantitative estimate of drug-likeness (QED) is 0.665. The molecule has 6 heteroatoms. The molecule has 2 aromatic carbocycles. The molecule has 1 heterocycles. The molecule has 1 aromatic heterocycles. The molecule has 3 aromatic rings. The van der Waals surface area contributed by atoms with Crippen molar-refractivity contribution in [1.29, 1.82) is 0 Å². The molecule has 0 aliphatic heterocycles. The molecule has 2 N–H and O–H groups in total. The fourth-order valence-electron chi connectivity index (χ4n) is 2.66. The Hall–Kier alpha value is -3.12. The number of rotatable bonds is 6. The van der Waals surface area contributed by atoms with Crippen LogP contribution in [0.2, 0.25) is 0 Å². The van der Waals surface area contributed by atoms with Crippen LogP contribution in [0.5, 0.6) is 5.75 Å². The zero-order valence-electron chi connectivity index (χ0n) is 14.3. The van der Waals surface area contributed by atoms with E-state index in [1.807, 2.05) is 25.1 Å². The summed E-state index contributed by atoms with van der Waals surface area (Å²) in [6.07, 6.45) is -0.837. The van der Waals surface area contributed by atoms with Gasteiger partial charge in [-0.05, 0) is 24.6 Å². The molecule has 0 aliphatic rings. The second-order valence-corrected chi connectivity index (χ2v) is 5.71. The average molecular weight is 353 g/mol. The van der Waals surface area contributed by atoms with Crippen LogP contribution in [0.25, 0.3) is 11.0 Å². The summed E-state index contributed by atoms with van der Waals surface area (Å²) in [6.45, 7) is 2.36. The highest BCUT2D eigenvalue weighted by Crippen LogP contribution is 2.23. The van der Waals surface area contributed by atoms with Gasteiger partial charge >= 0.3 is 5.63 Å². The average Bonchev–Trinajstić information content (AvgIpc) is 2.65. The Kier molecular flexibility index (Phi) is 5.34. The van der Waals surface area contributed by atoms with Crippen molar-refractivity contribution >= 4 is 16.9 Å². The van der Waals surface area contributed by atoms with E-state index >= 15 is 0 Å². The Morgan fingerprint density at radius 3 is 2.69 bits per heavy atom. The van der Waals surface area contributed by atoms with Crippen molar-refractivity contribution < 1.29 is 19.1 Å². The number of carbonyl (C=O) groups is 1. The lowest BCUT2D eigenvalue weighted by Crippen LogP contribution is -2.29. The normalized spacial score (nSPS) is 11.9. The standard InChI is InChI=1S/C20H19NO5/c1-2-25-14-8-9-15-16(11-19(23)26-18(15)10-14)20(24)21-12-17(22)13-6-4-3-5-7-13/h3-11,17,22H,2,12H2,1H3,(H,21,24). The minimum Gasteiger partial charge on any atom is -0.494 e. The molecule has 0 aliphatic carbocycles. The van der Waals surface area contributed by atoms with Crippen molar-refractivity contribution in [3.63, 3.8) is 0 Å². The third-order valence-electron chi connectivity index (χ3n) is 3.91. The van der Waals surface area contributed by atoms with Crippen LogP contribution in [-0.4, -0.2) is 24.2 Å². The Balaban J connectivity index is 1.82. The van der Waals surface area contributed by atoms with Crippen LogP contribution in [0.4, 0.5) is 0 Å². The van der Waals surface area contributed by atoms with Gasteiger partial charge in [0.2, 0.25) is 0 Å². The van der Waals surface area contributed by atoms with Crippen LogP contribution >= 0.6 is 0 Å². The number of carbonyl (C=O) groups excluding carboxylic acids is 1. The highest BCUT2D eigenvalue weighted by Gasteiger charge is 2.15. The molecular formula is C20H19NO5. The number of aliphatic hydroxyl groups is 1. The molecule has 1 amide bonds. The predicted molar refractivity (Wildman–Crippen MR) is 97.4 cm³/mol. The van der Waals surface area contributed by atoms with Crippen molar-refractivity contribution in [2.75, 3.05) is 13.2 Å². The second-order valence-electron chi connectivity index (χ2n) is 5.71. The van der Waals surface area contributed by atoms with Crippen LogP contribution in [-0.2, 0) is 0 Å². The molecule has 26 heavy (non-hydrogen) atoms. The number of amides is 1. The van der Waals surface area contributed by atoms with Crippen LogP contribution in [0.15, 0.2) is 63.8 Å². The molecular weight excluding hydrogens is 334 g/mol. The first-order chi connectivity index (χ1) is 12.6. The van der Waals surface area contributed by atoms with E-state index < -0.39 is 17.6 Å². The fraction of sp³-hybridized carbons (Fsp3) is 0.200. The van der Waals surface area contributed by atoms with Gasteiger partial charge < -0.3 is 19.6 Å². The molecule has 0 spiro atoms. The maximum absolute atomic E-state index is 12.5. The van der Waals surface area contributed by atoms with Gasteiger partial charge in [-0.25, -0.2) is 4.79 Å². The number of ether oxygens (including phenoxy) is 1. The van der Waals surface area contributed by atoms with Gasteiger partial charge in [0.05, 0.1) is 18.3 Å². The maximum Gasteiger partial charge on any atom is 0.337 e. The molecule has 134 valence electrons. The van der Waals surface area contributed by atoms with E-state index in [0.29, 0.717) is 23.3 Å². The first kappa shape index (κ1) is 17.7. The summed E-state index contributed by atoms with van der Waals surface area (Å²) in [6, 6.07) is 15.1. The zero-order valence-corrected chi connectivity index (χ0v) is 14.3. The minimum absolute atomic E-state index is 0.0294. The van der Waals surface area contributed by atoms with Gasteiger partial charge in [0.1, 0.15) is 11.3 Å². The molecule has 0 fully saturated rings. The van der Waals surface area contributed by atoms with Crippen LogP contribution in [0, 0.1) is 0 Å². The summed E-state index contributed by atoms with van der Waals surface area (Å²) in [5.41, 5.74) is 0.545. The highest BCUT2D eigenvalue weighted by molar-refractivity contribution is 6.05. The Labute approximate surface area is 150 Å². The van der Waals surface area contributed by atoms with Crippen LogP contribution in [0.3, 0.4) is 0 Å². The Bertz CT molecular complexity index is 965. The van der Waals surface area contributed by atoms with Crippen molar-refractivity contribution in [1.82, 2.24) is 5.32 Å². The lowest BCUT2D eigenvalue weighted by molar-refractivity contribution is 0.0917. The molecule has 0 radical (unpaired) electrons. The van der Waals surface area contributed by atoms with E-state index in [2.05, 4.69) is 5.32 Å². The second kappa shape index (κ2) is 7.84. The van der Waals surface area contributed by atoms with E-state index in [-0.39, 0.29) is 17.7 Å². The monoisotopic (exact) mass is 353 g/mol. The predicted octanol–water partition coefficient (Wildman–Crippen LogP) is 2.66. The van der Waals surface area contributed by atoms with Crippen molar-refractivity contribution in [2.24, 2.45) is 0 Å². The first-order valence-electron chi connectivity index (χ1n) is 8.30. The summed E-state index contributed by atoms with van der Waals surface area (Å²) in [5, 5.41) is 13.3. The van der Waals surface area contributed by atoms with E-state index in [9.17, 15) is 14.7 Å². The topological polar surface area (TPSA) is 88.8 Å². The van der Waals surface area contributed by atoms with E-state index in [1.165, 1.54) is 0 Å². The van der Waals surface area contributed by atoms with Crippen molar-refractivity contribution in [3.05, 3.63) is 76.1 Å². The third kappa shape index (κ3) is 3.92. The molecule has 1 atom stereocenters. The van der Waals surface area contributed by atoms with Crippen molar-refractivity contribution in [3.8, 4) is 5.75 Å². The number of hydrogen-bond acceptors (Lipinski definition) is 5. The number of hydrogen-bond donors (Lipinski definition) is 2. The summed E-state index contributed by atoms with van der Waals surface area (Å²) < 4.78 is 10.6. The Morgan fingerprint density at radius 1 is 1.19 bits per heavy atom. The van der Waals surface area contributed by atoms with Crippen LogP contribution < -0.4 is 15.7 Å². The van der Waals surface area contributed by atoms with Gasteiger partial charge in [-0.3, -0.25) is 4.79 Å². The molecule has 0 saturated carbocycles. The van der Waals surface area contributed by atoms with Gasteiger partial charge in [0, 0.05) is 24.1 Å². The summed E-state index contributed by atoms with van der Waals surface area (Å²) in [7, 11) is 0. The number of fused-ring (bicyclic) bond motifs is 1. The SMILES string of the molecule is CCOc1ccc2c(C(=O)NCC(O)c3ccccc3)cc(=O)oc2c1. The number of aliphatic hydroxyl groups excluding tert-OH is 1.